The van der Waals surface area contributed by atoms with Crippen molar-refractivity contribution in [3.05, 3.63) is 141 Å². The molecule has 0 aromatic heterocycles. The molecule has 0 saturated carbocycles. The molecule has 0 saturated heterocycles. The van der Waals surface area contributed by atoms with Gasteiger partial charge in [0.1, 0.15) is 5.75 Å². The molecule has 1 aliphatic rings. The highest BCUT2D eigenvalue weighted by Crippen LogP contribution is 2.43. The molecule has 1 amide bonds. The van der Waals surface area contributed by atoms with Crippen molar-refractivity contribution in [2.45, 2.75) is 37.2 Å². The summed E-state index contributed by atoms with van der Waals surface area (Å²) in [5.74, 6) is 0.237. The number of aliphatic hydroxyl groups excluding tert-OH is 1. The van der Waals surface area contributed by atoms with E-state index in [0.717, 1.165) is 16.1 Å². The summed E-state index contributed by atoms with van der Waals surface area (Å²) in [5, 5.41) is 11.8. The summed E-state index contributed by atoms with van der Waals surface area (Å²) < 4.78 is 54.2. The van der Waals surface area contributed by atoms with Crippen molar-refractivity contribution in [3.8, 4) is 5.75 Å². The first-order chi connectivity index (χ1) is 22.2. The van der Waals surface area contributed by atoms with Crippen LogP contribution in [0.1, 0.15) is 46.8 Å². The molecule has 46 heavy (non-hydrogen) atoms. The molecule has 1 heterocycles. The fraction of sp³-hybridized carbons (Fsp3) is 0.222. The van der Waals surface area contributed by atoms with E-state index in [2.05, 4.69) is 21.2 Å². The molecule has 0 spiro atoms. The number of ether oxygens (including phenoxy) is 2. The Morgan fingerprint density at radius 1 is 0.978 bits per heavy atom. The standard InChI is InChI=1S/C36H32BrF3N2O4/c37-29-17-13-26(14-18-29)32-35(21-6-10-25-8-2-1-3-9-25,34(44)41-24-28-11-4-5-12-31(28)36(38,39)40)42-33(46-32)27-15-19-30(20-16-27)45-23-7-22-43/h1-6,8-20,32,43H,7,21-24H2,(H,41,44)/b10-6+/t32-,35-/m1/s1. The van der Waals surface area contributed by atoms with Crippen LogP contribution in [-0.2, 0) is 22.3 Å². The van der Waals surface area contributed by atoms with Gasteiger partial charge in [0, 0.05) is 36.0 Å². The lowest BCUT2D eigenvalue weighted by atomic mass is 9.84. The number of nitrogens with one attached hydrogen (secondary N) is 1. The molecule has 5 rings (SSSR count). The largest absolute Gasteiger partial charge is 0.494 e. The van der Waals surface area contributed by atoms with Crippen molar-refractivity contribution in [1.82, 2.24) is 5.32 Å². The molecule has 0 fully saturated rings. The lowest BCUT2D eigenvalue weighted by Gasteiger charge is -2.30. The maximum atomic E-state index is 14.3. The molecule has 0 radical (unpaired) electrons. The van der Waals surface area contributed by atoms with Crippen LogP contribution in [0.2, 0.25) is 0 Å². The minimum absolute atomic E-state index is 0.0187. The summed E-state index contributed by atoms with van der Waals surface area (Å²) in [4.78, 5) is 19.2. The molecule has 10 heteroatoms. The van der Waals surface area contributed by atoms with Gasteiger partial charge in [0.25, 0.3) is 5.91 Å². The zero-order valence-electron chi connectivity index (χ0n) is 24.7. The van der Waals surface area contributed by atoms with Crippen molar-refractivity contribution in [2.75, 3.05) is 13.2 Å². The second-order valence-electron chi connectivity index (χ2n) is 10.7. The van der Waals surface area contributed by atoms with Gasteiger partial charge in [-0.2, -0.15) is 13.2 Å². The highest BCUT2D eigenvalue weighted by Gasteiger charge is 2.52. The summed E-state index contributed by atoms with van der Waals surface area (Å²) in [6.45, 7) is 0.0225. The third-order valence-electron chi connectivity index (χ3n) is 7.50. The van der Waals surface area contributed by atoms with Crippen LogP contribution in [0.4, 0.5) is 13.2 Å². The van der Waals surface area contributed by atoms with E-state index in [1.807, 2.05) is 66.7 Å². The first-order valence-corrected chi connectivity index (χ1v) is 15.5. The lowest BCUT2D eigenvalue weighted by Crippen LogP contribution is -2.48. The average molecular weight is 694 g/mol. The number of rotatable bonds is 12. The van der Waals surface area contributed by atoms with Gasteiger partial charge < -0.3 is 19.9 Å². The van der Waals surface area contributed by atoms with Crippen LogP contribution in [-0.4, -0.2) is 35.7 Å². The molecular weight excluding hydrogens is 661 g/mol. The predicted molar refractivity (Wildman–Crippen MR) is 174 cm³/mol. The number of amides is 1. The van der Waals surface area contributed by atoms with E-state index in [4.69, 9.17) is 19.6 Å². The zero-order valence-corrected chi connectivity index (χ0v) is 26.3. The van der Waals surface area contributed by atoms with Crippen LogP contribution in [0.25, 0.3) is 6.08 Å². The van der Waals surface area contributed by atoms with Crippen LogP contribution in [0, 0.1) is 0 Å². The number of nitrogens with zero attached hydrogens (tertiary/aromatic N) is 1. The van der Waals surface area contributed by atoms with Crippen LogP contribution in [0.3, 0.4) is 0 Å². The van der Waals surface area contributed by atoms with Gasteiger partial charge in [0.15, 0.2) is 11.6 Å². The summed E-state index contributed by atoms with van der Waals surface area (Å²) >= 11 is 3.45. The summed E-state index contributed by atoms with van der Waals surface area (Å²) in [6, 6.07) is 29.1. The van der Waals surface area contributed by atoms with E-state index >= 15 is 0 Å². The number of alkyl halides is 3. The molecule has 4 aromatic carbocycles. The third kappa shape index (κ3) is 7.86. The number of carbonyl (C=O) groups excluding carboxylic acids is 1. The third-order valence-corrected chi connectivity index (χ3v) is 8.03. The van der Waals surface area contributed by atoms with E-state index in [1.54, 1.807) is 24.3 Å². The molecule has 2 atom stereocenters. The van der Waals surface area contributed by atoms with Gasteiger partial charge in [-0.3, -0.25) is 4.79 Å². The number of halogens is 4. The van der Waals surface area contributed by atoms with Gasteiger partial charge in [0.2, 0.25) is 5.90 Å². The van der Waals surface area contributed by atoms with Crippen molar-refractivity contribution in [1.29, 1.82) is 0 Å². The maximum absolute atomic E-state index is 14.3. The van der Waals surface area contributed by atoms with E-state index < -0.39 is 29.3 Å². The number of aliphatic hydroxyl groups is 1. The molecule has 0 unspecified atom stereocenters. The van der Waals surface area contributed by atoms with Gasteiger partial charge >= 0.3 is 6.18 Å². The zero-order chi connectivity index (χ0) is 32.6. The normalized spacial score (nSPS) is 17.8. The first kappa shape index (κ1) is 33.0. The fourth-order valence-electron chi connectivity index (χ4n) is 5.17. The van der Waals surface area contributed by atoms with Gasteiger partial charge in [-0.1, -0.05) is 88.7 Å². The van der Waals surface area contributed by atoms with E-state index in [-0.39, 0.29) is 31.0 Å². The minimum Gasteiger partial charge on any atom is -0.494 e. The molecule has 0 bridgehead atoms. The summed E-state index contributed by atoms with van der Waals surface area (Å²) in [5.41, 5.74) is -0.245. The molecule has 4 aromatic rings. The minimum atomic E-state index is -4.58. The number of benzene rings is 4. The van der Waals surface area contributed by atoms with Crippen LogP contribution >= 0.6 is 15.9 Å². The molecule has 2 N–H and O–H groups in total. The molecule has 0 aliphatic carbocycles. The van der Waals surface area contributed by atoms with Crippen LogP contribution in [0.5, 0.6) is 5.75 Å². The van der Waals surface area contributed by atoms with Crippen molar-refractivity contribution >= 4 is 33.8 Å². The maximum Gasteiger partial charge on any atom is 0.416 e. The predicted octanol–water partition coefficient (Wildman–Crippen LogP) is 7.91. The monoisotopic (exact) mass is 692 g/mol. The number of hydrogen-bond donors (Lipinski definition) is 2. The van der Waals surface area contributed by atoms with Crippen LogP contribution < -0.4 is 10.1 Å². The Balaban J connectivity index is 1.54. The Morgan fingerprint density at radius 2 is 1.67 bits per heavy atom. The Labute approximate surface area is 273 Å². The molecular formula is C36H32BrF3N2O4. The Bertz CT molecular complexity index is 1680. The van der Waals surface area contributed by atoms with E-state index in [9.17, 15) is 18.0 Å². The fourth-order valence-corrected chi connectivity index (χ4v) is 5.44. The lowest BCUT2D eigenvalue weighted by molar-refractivity contribution is -0.138. The average Bonchev–Trinajstić information content (AvgIpc) is 3.45. The van der Waals surface area contributed by atoms with E-state index in [0.29, 0.717) is 29.9 Å². The number of hydrogen-bond acceptors (Lipinski definition) is 5. The van der Waals surface area contributed by atoms with Crippen molar-refractivity contribution < 1.29 is 32.5 Å². The second-order valence-corrected chi connectivity index (χ2v) is 11.6. The van der Waals surface area contributed by atoms with Gasteiger partial charge in [-0.05, 0) is 59.2 Å². The Hall–Kier alpha value is -4.41. The Kier molecular flexibility index (Phi) is 10.6. The van der Waals surface area contributed by atoms with Crippen molar-refractivity contribution in [2.24, 2.45) is 4.99 Å². The molecule has 1 aliphatic heterocycles. The summed E-state index contributed by atoms with van der Waals surface area (Å²) in [6.07, 6.45) is -1.17. The first-order valence-electron chi connectivity index (χ1n) is 14.7. The summed E-state index contributed by atoms with van der Waals surface area (Å²) in [7, 11) is 0. The van der Waals surface area contributed by atoms with Gasteiger partial charge in [0.05, 0.1) is 12.2 Å². The van der Waals surface area contributed by atoms with Crippen LogP contribution in [0.15, 0.2) is 119 Å². The SMILES string of the molecule is O=C(NCc1ccccc1C(F)(F)F)[C@]1(C/C=C/c2ccccc2)N=C(c2ccc(OCCCO)cc2)O[C@@H]1c1ccc(Br)cc1. The number of carbonyl (C=O) groups is 1. The smallest absolute Gasteiger partial charge is 0.416 e. The molecule has 238 valence electrons. The van der Waals surface area contributed by atoms with E-state index in [1.165, 1.54) is 18.2 Å². The molecule has 6 nitrogen and oxygen atoms in total. The topological polar surface area (TPSA) is 80.2 Å². The van der Waals surface area contributed by atoms with Crippen molar-refractivity contribution in [3.63, 3.8) is 0 Å². The van der Waals surface area contributed by atoms with Gasteiger partial charge in [-0.25, -0.2) is 4.99 Å². The quantitative estimate of drug-likeness (QED) is 0.148. The highest BCUT2D eigenvalue weighted by molar-refractivity contribution is 9.10. The van der Waals surface area contributed by atoms with Gasteiger partial charge in [-0.15, -0.1) is 0 Å². The second kappa shape index (κ2) is 14.8. The highest BCUT2D eigenvalue weighted by atomic mass is 79.9. The number of aliphatic imine (C=N–C) groups is 1. The Morgan fingerprint density at radius 3 is 2.37 bits per heavy atom.